The zero-order valence-electron chi connectivity index (χ0n) is 21.7. The van der Waals surface area contributed by atoms with Gasteiger partial charge >= 0.3 is 5.97 Å². The van der Waals surface area contributed by atoms with Gasteiger partial charge in [0, 0.05) is 38.9 Å². The molecule has 3 N–H and O–H groups in total. The summed E-state index contributed by atoms with van der Waals surface area (Å²) in [5.41, 5.74) is 2.07. The second-order valence-electron chi connectivity index (χ2n) is 10.6. The molecule has 8 nitrogen and oxygen atoms in total. The smallest absolute Gasteiger partial charge is 0.326 e. The van der Waals surface area contributed by atoms with E-state index in [0.29, 0.717) is 13.1 Å². The number of alkyl halides is 1. The molecule has 0 fully saturated rings. The van der Waals surface area contributed by atoms with Crippen molar-refractivity contribution in [2.45, 2.75) is 77.9 Å². The number of fused-ring (bicyclic) bond motifs is 1. The Labute approximate surface area is 209 Å². The van der Waals surface area contributed by atoms with Crippen molar-refractivity contribution in [1.82, 2.24) is 15.2 Å². The van der Waals surface area contributed by atoms with Crippen LogP contribution in [-0.4, -0.2) is 79.0 Å². The van der Waals surface area contributed by atoms with E-state index in [0.717, 1.165) is 50.2 Å². The van der Waals surface area contributed by atoms with Gasteiger partial charge in [0.2, 0.25) is 5.91 Å². The molecule has 1 aliphatic rings. The first-order valence-electron chi connectivity index (χ1n) is 12.7. The lowest BCUT2D eigenvalue weighted by molar-refractivity contribution is -0.142. The first-order valence-corrected chi connectivity index (χ1v) is 12.7. The molecule has 2 unspecified atom stereocenters. The Balaban J connectivity index is 1.87. The summed E-state index contributed by atoms with van der Waals surface area (Å²) in [5, 5.41) is 15.6. The number of carboxylic acids is 1. The van der Waals surface area contributed by atoms with Crippen molar-refractivity contribution in [3.05, 3.63) is 23.4 Å². The van der Waals surface area contributed by atoms with Gasteiger partial charge in [0.25, 0.3) is 0 Å². The average Bonchev–Trinajstić information content (AvgIpc) is 2.77. The number of aromatic nitrogens is 1. The van der Waals surface area contributed by atoms with Crippen molar-refractivity contribution < 1.29 is 23.8 Å². The molecule has 35 heavy (non-hydrogen) atoms. The van der Waals surface area contributed by atoms with Crippen molar-refractivity contribution in [2.75, 3.05) is 45.2 Å². The van der Waals surface area contributed by atoms with E-state index >= 15 is 0 Å². The quantitative estimate of drug-likeness (QED) is 0.321. The van der Waals surface area contributed by atoms with Crippen LogP contribution in [-0.2, 0) is 27.2 Å². The SMILES string of the molecule is COCC(F)CN(CCCCc1ccc2c(n1)NCCC2)CCC(NC(=O)CC(C)(C)C)C(=O)O. The van der Waals surface area contributed by atoms with Crippen LogP contribution < -0.4 is 10.6 Å². The summed E-state index contributed by atoms with van der Waals surface area (Å²) in [6.45, 7) is 7.91. The number of aryl methyl sites for hydroxylation is 2. The molecule has 1 amide bonds. The molecule has 0 aliphatic carbocycles. The number of nitrogens with one attached hydrogen (secondary N) is 2. The molecule has 1 aromatic heterocycles. The molecule has 0 bridgehead atoms. The summed E-state index contributed by atoms with van der Waals surface area (Å²) >= 11 is 0. The van der Waals surface area contributed by atoms with Gasteiger partial charge in [-0.3, -0.25) is 4.79 Å². The molecule has 0 spiro atoms. The van der Waals surface area contributed by atoms with Gasteiger partial charge in [-0.1, -0.05) is 26.8 Å². The fourth-order valence-corrected chi connectivity index (χ4v) is 4.25. The van der Waals surface area contributed by atoms with E-state index in [9.17, 15) is 19.1 Å². The minimum atomic E-state index is -1.16. The highest BCUT2D eigenvalue weighted by Crippen LogP contribution is 2.20. The molecule has 0 aromatic carbocycles. The van der Waals surface area contributed by atoms with Crippen LogP contribution in [0.15, 0.2) is 12.1 Å². The lowest BCUT2D eigenvalue weighted by atomic mass is 9.92. The standard InChI is InChI=1S/C26H43FN4O4/c1-26(2,3)16-23(32)30-22(25(33)34)12-15-31(17-20(27)18-35-4)14-6-5-9-21-11-10-19-8-7-13-28-24(19)29-21/h10-11,20,22H,5-9,12-18H2,1-4H3,(H,28,29)(H,30,32)(H,33,34). The maximum Gasteiger partial charge on any atom is 0.326 e. The summed E-state index contributed by atoms with van der Waals surface area (Å²) < 4.78 is 19.2. The van der Waals surface area contributed by atoms with Crippen LogP contribution in [0.5, 0.6) is 0 Å². The van der Waals surface area contributed by atoms with E-state index in [-0.39, 0.29) is 37.3 Å². The Morgan fingerprint density at radius 3 is 2.74 bits per heavy atom. The van der Waals surface area contributed by atoms with Crippen molar-refractivity contribution in [1.29, 1.82) is 0 Å². The number of hydrogen-bond donors (Lipinski definition) is 3. The lowest BCUT2D eigenvalue weighted by Crippen LogP contribution is -2.45. The Bertz CT molecular complexity index is 815. The largest absolute Gasteiger partial charge is 0.480 e. The van der Waals surface area contributed by atoms with Gasteiger partial charge in [0.05, 0.1) is 6.61 Å². The van der Waals surface area contributed by atoms with Crippen molar-refractivity contribution in [3.8, 4) is 0 Å². The topological polar surface area (TPSA) is 104 Å². The van der Waals surface area contributed by atoms with Crippen LogP contribution in [0.2, 0.25) is 0 Å². The number of amides is 1. The zero-order valence-corrected chi connectivity index (χ0v) is 21.7. The molecule has 2 heterocycles. The first kappa shape index (κ1) is 29.0. The van der Waals surface area contributed by atoms with E-state index in [4.69, 9.17) is 9.72 Å². The summed E-state index contributed by atoms with van der Waals surface area (Å²) in [7, 11) is 1.46. The predicted molar refractivity (Wildman–Crippen MR) is 135 cm³/mol. The summed E-state index contributed by atoms with van der Waals surface area (Å²) in [5.74, 6) is -0.373. The molecule has 2 rings (SSSR count). The monoisotopic (exact) mass is 494 g/mol. The summed E-state index contributed by atoms with van der Waals surface area (Å²) in [6.07, 6.45) is 4.05. The number of carbonyl (C=O) groups is 2. The van der Waals surface area contributed by atoms with Crippen molar-refractivity contribution in [3.63, 3.8) is 0 Å². The van der Waals surface area contributed by atoms with Gasteiger partial charge in [-0.15, -0.1) is 0 Å². The maximum atomic E-state index is 14.3. The number of methoxy groups -OCH3 is 1. The number of aliphatic carboxylic acids is 1. The zero-order chi connectivity index (χ0) is 25.8. The van der Waals surface area contributed by atoms with E-state index in [1.165, 1.54) is 12.7 Å². The van der Waals surface area contributed by atoms with Gasteiger partial charge < -0.3 is 25.4 Å². The van der Waals surface area contributed by atoms with Crippen LogP contribution >= 0.6 is 0 Å². The Hall–Kier alpha value is -2.26. The third-order valence-electron chi connectivity index (χ3n) is 5.97. The number of hydrogen-bond acceptors (Lipinski definition) is 6. The number of anilines is 1. The van der Waals surface area contributed by atoms with Crippen LogP contribution in [0.4, 0.5) is 10.2 Å². The van der Waals surface area contributed by atoms with Crippen LogP contribution in [0.1, 0.15) is 64.1 Å². The fourth-order valence-electron chi connectivity index (χ4n) is 4.25. The van der Waals surface area contributed by atoms with Crippen LogP contribution in [0.25, 0.3) is 0 Å². The molecular weight excluding hydrogens is 451 g/mol. The molecule has 0 saturated heterocycles. The maximum absolute atomic E-state index is 14.3. The van der Waals surface area contributed by atoms with Gasteiger partial charge in [-0.2, -0.15) is 0 Å². The van der Waals surface area contributed by atoms with E-state index in [1.807, 2.05) is 25.7 Å². The summed E-state index contributed by atoms with van der Waals surface area (Å²) in [4.78, 5) is 30.6. The van der Waals surface area contributed by atoms with Crippen LogP contribution in [0.3, 0.4) is 0 Å². The third kappa shape index (κ3) is 11.3. The van der Waals surface area contributed by atoms with Gasteiger partial charge in [0.1, 0.15) is 18.0 Å². The predicted octanol–water partition coefficient (Wildman–Crippen LogP) is 3.44. The minimum Gasteiger partial charge on any atom is -0.480 e. The fraction of sp³-hybridized carbons (Fsp3) is 0.731. The number of carboxylic acid groups (broad SMARTS) is 1. The molecule has 9 heteroatoms. The van der Waals surface area contributed by atoms with E-state index < -0.39 is 18.2 Å². The van der Waals surface area contributed by atoms with E-state index in [1.54, 1.807) is 0 Å². The highest BCUT2D eigenvalue weighted by atomic mass is 19.1. The second-order valence-corrected chi connectivity index (χ2v) is 10.6. The number of pyridine rings is 1. The Morgan fingerprint density at radius 1 is 1.29 bits per heavy atom. The van der Waals surface area contributed by atoms with Crippen molar-refractivity contribution in [2.24, 2.45) is 5.41 Å². The molecular formula is C26H43FN4O4. The van der Waals surface area contributed by atoms with Gasteiger partial charge in [-0.25, -0.2) is 14.2 Å². The number of halogens is 1. The molecule has 1 aliphatic heterocycles. The Morgan fingerprint density at radius 2 is 2.06 bits per heavy atom. The number of ether oxygens (including phenoxy) is 1. The highest BCUT2D eigenvalue weighted by molar-refractivity contribution is 5.83. The minimum absolute atomic E-state index is 0.00672. The number of nitrogens with zero attached hydrogens (tertiary/aromatic N) is 2. The van der Waals surface area contributed by atoms with Crippen molar-refractivity contribution >= 4 is 17.7 Å². The van der Waals surface area contributed by atoms with Gasteiger partial charge in [0.15, 0.2) is 0 Å². The first-order chi connectivity index (χ1) is 16.6. The summed E-state index contributed by atoms with van der Waals surface area (Å²) in [6, 6.07) is 3.23. The van der Waals surface area contributed by atoms with Crippen LogP contribution in [0, 0.1) is 5.41 Å². The van der Waals surface area contributed by atoms with E-state index in [2.05, 4.69) is 22.8 Å². The third-order valence-corrected chi connectivity index (χ3v) is 5.97. The molecule has 2 atom stereocenters. The molecule has 0 saturated carbocycles. The average molecular weight is 495 g/mol. The highest BCUT2D eigenvalue weighted by Gasteiger charge is 2.24. The molecule has 198 valence electrons. The Kier molecular flexibility index (Phi) is 11.9. The molecule has 0 radical (unpaired) electrons. The number of rotatable bonds is 15. The number of unbranched alkanes of at least 4 members (excludes halogenated alkanes) is 1. The number of carbonyl (C=O) groups excluding carboxylic acids is 1. The molecule has 1 aromatic rings. The second kappa shape index (κ2) is 14.3. The normalized spacial score (nSPS) is 15.3. The lowest BCUT2D eigenvalue weighted by Gasteiger charge is -2.26. The van der Waals surface area contributed by atoms with Gasteiger partial charge in [-0.05, 0) is 62.1 Å².